The summed E-state index contributed by atoms with van der Waals surface area (Å²) in [7, 11) is 0. The first-order chi connectivity index (χ1) is 5.90. The standard InChI is InChI=1S/C9H18N2O2/c1-9(2,3)10-11-6-4-5-7(11)8(12)13/h7,10H,4-6H2,1-3H3,(H,12,13)/t7-/m0/s1. The number of carboxylic acid groups (broad SMARTS) is 1. The molecule has 4 nitrogen and oxygen atoms in total. The predicted molar refractivity (Wildman–Crippen MR) is 50.3 cm³/mol. The van der Waals surface area contributed by atoms with Gasteiger partial charge in [-0.3, -0.25) is 4.79 Å². The molecule has 1 aliphatic heterocycles. The highest BCUT2D eigenvalue weighted by Gasteiger charge is 2.32. The summed E-state index contributed by atoms with van der Waals surface area (Å²) in [6.07, 6.45) is 1.71. The van der Waals surface area contributed by atoms with E-state index in [1.54, 1.807) is 0 Å². The summed E-state index contributed by atoms with van der Waals surface area (Å²) in [5.41, 5.74) is 3.14. The van der Waals surface area contributed by atoms with E-state index in [1.807, 2.05) is 25.8 Å². The molecular formula is C9H18N2O2. The number of hydrazine groups is 1. The number of hydrogen-bond donors (Lipinski definition) is 2. The fourth-order valence-electron chi connectivity index (χ4n) is 1.59. The SMILES string of the molecule is CC(C)(C)NN1CCC[C@H]1C(=O)O. The number of nitrogens with one attached hydrogen (secondary N) is 1. The van der Waals surface area contributed by atoms with Gasteiger partial charge in [0, 0.05) is 12.1 Å². The van der Waals surface area contributed by atoms with Gasteiger partial charge in [0.05, 0.1) is 0 Å². The molecular weight excluding hydrogens is 168 g/mol. The molecule has 13 heavy (non-hydrogen) atoms. The molecule has 4 heteroatoms. The average Bonchev–Trinajstić information content (AvgIpc) is 2.31. The molecule has 0 aromatic rings. The maximum Gasteiger partial charge on any atom is 0.322 e. The van der Waals surface area contributed by atoms with Crippen molar-refractivity contribution in [2.45, 2.75) is 45.2 Å². The first kappa shape index (κ1) is 10.5. The molecule has 1 aliphatic rings. The van der Waals surface area contributed by atoms with E-state index in [0.29, 0.717) is 0 Å². The van der Waals surface area contributed by atoms with Crippen LogP contribution in [0.1, 0.15) is 33.6 Å². The highest BCUT2D eigenvalue weighted by Crippen LogP contribution is 2.16. The number of carbonyl (C=O) groups is 1. The van der Waals surface area contributed by atoms with Crippen molar-refractivity contribution in [3.05, 3.63) is 0 Å². The van der Waals surface area contributed by atoms with Crippen molar-refractivity contribution in [2.24, 2.45) is 0 Å². The van der Waals surface area contributed by atoms with Gasteiger partial charge in [-0.2, -0.15) is 0 Å². The second kappa shape index (κ2) is 3.64. The lowest BCUT2D eigenvalue weighted by atomic mass is 10.1. The Kier molecular flexibility index (Phi) is 2.93. The van der Waals surface area contributed by atoms with Gasteiger partial charge in [-0.1, -0.05) is 0 Å². The minimum Gasteiger partial charge on any atom is -0.480 e. The first-order valence-electron chi connectivity index (χ1n) is 4.67. The maximum atomic E-state index is 10.8. The molecule has 0 aromatic heterocycles. The Bertz CT molecular complexity index is 198. The molecule has 0 radical (unpaired) electrons. The van der Waals surface area contributed by atoms with Crippen LogP contribution in [0.15, 0.2) is 0 Å². The van der Waals surface area contributed by atoms with Crippen molar-refractivity contribution in [3.8, 4) is 0 Å². The summed E-state index contributed by atoms with van der Waals surface area (Å²) >= 11 is 0. The molecule has 0 spiro atoms. The zero-order valence-electron chi connectivity index (χ0n) is 8.50. The highest BCUT2D eigenvalue weighted by atomic mass is 16.4. The lowest BCUT2D eigenvalue weighted by molar-refractivity contribution is -0.143. The summed E-state index contributed by atoms with van der Waals surface area (Å²) in [6.45, 7) is 6.92. The smallest absolute Gasteiger partial charge is 0.322 e. The lowest BCUT2D eigenvalue weighted by Gasteiger charge is -2.31. The van der Waals surface area contributed by atoms with E-state index in [2.05, 4.69) is 5.43 Å². The molecule has 1 heterocycles. The zero-order valence-corrected chi connectivity index (χ0v) is 8.50. The monoisotopic (exact) mass is 186 g/mol. The van der Waals surface area contributed by atoms with E-state index in [9.17, 15) is 4.79 Å². The van der Waals surface area contributed by atoms with E-state index in [0.717, 1.165) is 19.4 Å². The van der Waals surface area contributed by atoms with Crippen LogP contribution in [0.4, 0.5) is 0 Å². The minimum absolute atomic E-state index is 0.0575. The molecule has 0 amide bonds. The molecule has 0 bridgehead atoms. The fraction of sp³-hybridized carbons (Fsp3) is 0.889. The average molecular weight is 186 g/mol. The molecule has 0 aromatic carbocycles. The van der Waals surface area contributed by atoms with Gasteiger partial charge in [-0.05, 0) is 33.6 Å². The molecule has 76 valence electrons. The molecule has 1 atom stereocenters. The number of carboxylic acids is 1. The Balaban J connectivity index is 2.54. The second-order valence-electron chi connectivity index (χ2n) is 4.55. The highest BCUT2D eigenvalue weighted by molar-refractivity contribution is 5.73. The molecule has 0 unspecified atom stereocenters. The molecule has 1 rings (SSSR count). The quantitative estimate of drug-likeness (QED) is 0.671. The van der Waals surface area contributed by atoms with Gasteiger partial charge < -0.3 is 5.11 Å². The van der Waals surface area contributed by atoms with Crippen LogP contribution in [-0.2, 0) is 4.79 Å². The Morgan fingerprint density at radius 1 is 1.54 bits per heavy atom. The normalized spacial score (nSPS) is 25.0. The van der Waals surface area contributed by atoms with Crippen molar-refractivity contribution >= 4 is 5.97 Å². The van der Waals surface area contributed by atoms with E-state index in [-0.39, 0.29) is 11.6 Å². The van der Waals surface area contributed by atoms with Crippen molar-refractivity contribution < 1.29 is 9.90 Å². The van der Waals surface area contributed by atoms with Crippen LogP contribution in [0.2, 0.25) is 0 Å². The van der Waals surface area contributed by atoms with Gasteiger partial charge in [0.15, 0.2) is 0 Å². The van der Waals surface area contributed by atoms with Gasteiger partial charge in [0.25, 0.3) is 0 Å². The number of hydrogen-bond acceptors (Lipinski definition) is 3. The van der Waals surface area contributed by atoms with Crippen LogP contribution >= 0.6 is 0 Å². The second-order valence-corrected chi connectivity index (χ2v) is 4.55. The fourth-order valence-corrected chi connectivity index (χ4v) is 1.59. The summed E-state index contributed by atoms with van der Waals surface area (Å²) in [6, 6.07) is -0.348. The Morgan fingerprint density at radius 3 is 2.62 bits per heavy atom. The molecule has 1 fully saturated rings. The third kappa shape index (κ3) is 2.97. The van der Waals surface area contributed by atoms with Gasteiger partial charge in [-0.25, -0.2) is 10.4 Å². The number of aliphatic carboxylic acids is 1. The molecule has 0 aliphatic carbocycles. The van der Waals surface area contributed by atoms with Gasteiger partial charge in [-0.15, -0.1) is 0 Å². The van der Waals surface area contributed by atoms with Gasteiger partial charge >= 0.3 is 5.97 Å². The molecule has 1 saturated heterocycles. The van der Waals surface area contributed by atoms with Crippen LogP contribution < -0.4 is 5.43 Å². The predicted octanol–water partition coefficient (Wildman–Crippen LogP) is 0.838. The van der Waals surface area contributed by atoms with Crippen LogP contribution in [0.25, 0.3) is 0 Å². The summed E-state index contributed by atoms with van der Waals surface area (Å²) < 4.78 is 0. The van der Waals surface area contributed by atoms with Crippen molar-refractivity contribution in [2.75, 3.05) is 6.54 Å². The first-order valence-corrected chi connectivity index (χ1v) is 4.67. The van der Waals surface area contributed by atoms with Crippen LogP contribution in [0, 0.1) is 0 Å². The summed E-state index contributed by atoms with van der Waals surface area (Å²) in [4.78, 5) is 10.8. The summed E-state index contributed by atoms with van der Waals surface area (Å²) in [5, 5.41) is 10.7. The Hall–Kier alpha value is -0.610. The van der Waals surface area contributed by atoms with Crippen LogP contribution in [-0.4, -0.2) is 34.2 Å². The Labute approximate surface area is 78.9 Å². The minimum atomic E-state index is -0.728. The molecule has 2 N–H and O–H groups in total. The molecule has 0 saturated carbocycles. The van der Waals surface area contributed by atoms with Gasteiger partial charge in [0.1, 0.15) is 6.04 Å². The van der Waals surface area contributed by atoms with Gasteiger partial charge in [0.2, 0.25) is 0 Å². The zero-order chi connectivity index (χ0) is 10.1. The van der Waals surface area contributed by atoms with E-state index in [4.69, 9.17) is 5.11 Å². The van der Waals surface area contributed by atoms with Crippen molar-refractivity contribution in [1.82, 2.24) is 10.4 Å². The Morgan fingerprint density at radius 2 is 2.15 bits per heavy atom. The van der Waals surface area contributed by atoms with E-state index >= 15 is 0 Å². The lowest BCUT2D eigenvalue weighted by Crippen LogP contribution is -2.53. The largest absolute Gasteiger partial charge is 0.480 e. The number of rotatable bonds is 2. The topological polar surface area (TPSA) is 52.6 Å². The third-order valence-electron chi connectivity index (χ3n) is 2.02. The van der Waals surface area contributed by atoms with Crippen molar-refractivity contribution in [1.29, 1.82) is 0 Å². The summed E-state index contributed by atoms with van der Waals surface area (Å²) in [5.74, 6) is -0.728. The number of nitrogens with zero attached hydrogens (tertiary/aromatic N) is 1. The van der Waals surface area contributed by atoms with Crippen molar-refractivity contribution in [3.63, 3.8) is 0 Å². The van der Waals surface area contributed by atoms with E-state index in [1.165, 1.54) is 0 Å². The maximum absolute atomic E-state index is 10.8. The van der Waals surface area contributed by atoms with Crippen LogP contribution in [0.5, 0.6) is 0 Å². The van der Waals surface area contributed by atoms with Crippen LogP contribution in [0.3, 0.4) is 0 Å². The van der Waals surface area contributed by atoms with E-state index < -0.39 is 5.97 Å². The third-order valence-corrected chi connectivity index (χ3v) is 2.02.